The zero-order chi connectivity index (χ0) is 21.6. The highest BCUT2D eigenvalue weighted by atomic mass is 16.2. The summed E-state index contributed by atoms with van der Waals surface area (Å²) >= 11 is 0. The van der Waals surface area contributed by atoms with E-state index in [1.807, 2.05) is 41.6 Å². The molecule has 2 aliphatic heterocycles. The molecule has 1 spiro atoms. The molecule has 2 aromatic rings. The molecule has 3 fully saturated rings. The highest BCUT2D eigenvalue weighted by Gasteiger charge is 2.57. The Bertz CT molecular complexity index is 965. The maximum Gasteiger partial charge on any atom is 0.253 e. The van der Waals surface area contributed by atoms with Crippen molar-refractivity contribution in [2.75, 3.05) is 26.2 Å². The molecule has 31 heavy (non-hydrogen) atoms. The summed E-state index contributed by atoms with van der Waals surface area (Å²) in [5.41, 5.74) is 1.07. The van der Waals surface area contributed by atoms with E-state index < -0.39 is 5.41 Å². The molecular weight excluding hydrogens is 388 g/mol. The van der Waals surface area contributed by atoms with Crippen LogP contribution in [0, 0.1) is 11.3 Å². The fourth-order valence-corrected chi connectivity index (χ4v) is 5.39. The first kappa shape index (κ1) is 20.3. The van der Waals surface area contributed by atoms with Gasteiger partial charge in [-0.05, 0) is 57.6 Å². The molecule has 2 amide bonds. The number of rotatable bonds is 5. The summed E-state index contributed by atoms with van der Waals surface area (Å²) in [7, 11) is 0. The lowest BCUT2D eigenvalue weighted by Gasteiger charge is -2.42. The molecule has 3 heterocycles. The molecule has 0 bridgehead atoms. The Labute approximate surface area is 184 Å². The fraction of sp³-hybridized carbons (Fsp3) is 0.560. The predicted molar refractivity (Wildman–Crippen MR) is 119 cm³/mol. The van der Waals surface area contributed by atoms with Crippen LogP contribution >= 0.6 is 0 Å². The first-order valence-corrected chi connectivity index (χ1v) is 11.6. The van der Waals surface area contributed by atoms with E-state index in [1.54, 1.807) is 0 Å². The van der Waals surface area contributed by atoms with Gasteiger partial charge < -0.3 is 14.4 Å². The Hall–Kier alpha value is -2.63. The SMILES string of the molecule is CC(C)n1cnc([C@H]2CN(C(=O)c3ccccc3)C[C@]23CCCN(CC2CC2)C3=O)c1. The van der Waals surface area contributed by atoms with E-state index in [1.165, 1.54) is 12.8 Å². The van der Waals surface area contributed by atoms with E-state index >= 15 is 0 Å². The minimum Gasteiger partial charge on any atom is -0.342 e. The highest BCUT2D eigenvalue weighted by molar-refractivity contribution is 5.96. The molecule has 1 aromatic heterocycles. The number of nitrogens with zero attached hydrogens (tertiary/aromatic N) is 4. The van der Waals surface area contributed by atoms with Crippen LogP contribution in [0.15, 0.2) is 42.9 Å². The average Bonchev–Trinajstić information content (AvgIpc) is 3.31. The van der Waals surface area contributed by atoms with Crippen molar-refractivity contribution in [1.29, 1.82) is 0 Å². The largest absolute Gasteiger partial charge is 0.342 e. The number of carbonyl (C=O) groups is 2. The van der Waals surface area contributed by atoms with Crippen LogP contribution in [-0.4, -0.2) is 57.3 Å². The van der Waals surface area contributed by atoms with Gasteiger partial charge in [0, 0.05) is 49.9 Å². The lowest BCUT2D eigenvalue weighted by atomic mass is 9.70. The van der Waals surface area contributed by atoms with Crippen molar-refractivity contribution >= 4 is 11.8 Å². The summed E-state index contributed by atoms with van der Waals surface area (Å²) in [5.74, 6) is 0.854. The maximum absolute atomic E-state index is 13.9. The predicted octanol–water partition coefficient (Wildman–Crippen LogP) is 3.72. The Morgan fingerprint density at radius 3 is 2.68 bits per heavy atom. The van der Waals surface area contributed by atoms with Crippen LogP contribution in [0.4, 0.5) is 0 Å². The lowest BCUT2D eigenvalue weighted by molar-refractivity contribution is -0.146. The number of piperidine rings is 1. The molecule has 0 radical (unpaired) electrons. The van der Waals surface area contributed by atoms with E-state index in [2.05, 4.69) is 29.5 Å². The van der Waals surface area contributed by atoms with Gasteiger partial charge in [-0.3, -0.25) is 9.59 Å². The number of amides is 2. The smallest absolute Gasteiger partial charge is 0.253 e. The van der Waals surface area contributed by atoms with Gasteiger partial charge in [0.15, 0.2) is 0 Å². The van der Waals surface area contributed by atoms with Crippen molar-refractivity contribution < 1.29 is 9.59 Å². The molecule has 164 valence electrons. The molecule has 5 rings (SSSR count). The first-order chi connectivity index (χ1) is 15.0. The van der Waals surface area contributed by atoms with Crippen LogP contribution < -0.4 is 0 Å². The summed E-state index contributed by atoms with van der Waals surface area (Å²) in [6, 6.07) is 9.74. The minimum atomic E-state index is -0.562. The van der Waals surface area contributed by atoms with Gasteiger partial charge >= 0.3 is 0 Å². The number of carbonyl (C=O) groups excluding carboxylic acids is 2. The van der Waals surface area contributed by atoms with Gasteiger partial charge in [-0.15, -0.1) is 0 Å². The second kappa shape index (κ2) is 7.81. The number of likely N-dealkylation sites (tertiary alicyclic amines) is 2. The second-order valence-electron chi connectivity index (χ2n) is 9.90. The fourth-order valence-electron chi connectivity index (χ4n) is 5.39. The summed E-state index contributed by atoms with van der Waals surface area (Å²) < 4.78 is 2.10. The van der Waals surface area contributed by atoms with Crippen LogP contribution in [0.5, 0.6) is 0 Å². The number of hydrogen-bond donors (Lipinski definition) is 0. The van der Waals surface area contributed by atoms with Crippen molar-refractivity contribution in [2.24, 2.45) is 11.3 Å². The van der Waals surface area contributed by atoms with E-state index in [4.69, 9.17) is 4.98 Å². The highest BCUT2D eigenvalue weighted by Crippen LogP contribution is 2.50. The Morgan fingerprint density at radius 2 is 2.00 bits per heavy atom. The number of benzene rings is 1. The van der Waals surface area contributed by atoms with E-state index in [0.29, 0.717) is 30.6 Å². The van der Waals surface area contributed by atoms with Gasteiger partial charge in [0.1, 0.15) is 0 Å². The van der Waals surface area contributed by atoms with E-state index in [9.17, 15) is 9.59 Å². The molecule has 2 atom stereocenters. The third-order valence-corrected chi connectivity index (χ3v) is 7.37. The molecule has 0 N–H and O–H groups in total. The second-order valence-corrected chi connectivity index (χ2v) is 9.90. The quantitative estimate of drug-likeness (QED) is 0.741. The van der Waals surface area contributed by atoms with Gasteiger partial charge in [-0.2, -0.15) is 0 Å². The molecular formula is C25H32N4O2. The molecule has 1 aliphatic carbocycles. The Balaban J connectivity index is 1.49. The van der Waals surface area contributed by atoms with Gasteiger partial charge in [0.25, 0.3) is 5.91 Å². The molecule has 0 unspecified atom stereocenters. The summed E-state index contributed by atoms with van der Waals surface area (Å²) in [6.07, 6.45) is 8.23. The molecule has 1 aromatic carbocycles. The van der Waals surface area contributed by atoms with Crippen LogP contribution in [0.2, 0.25) is 0 Å². The zero-order valence-corrected chi connectivity index (χ0v) is 18.5. The van der Waals surface area contributed by atoms with Crippen molar-refractivity contribution in [3.05, 3.63) is 54.1 Å². The zero-order valence-electron chi connectivity index (χ0n) is 18.5. The first-order valence-electron chi connectivity index (χ1n) is 11.6. The third kappa shape index (κ3) is 3.66. The third-order valence-electron chi connectivity index (χ3n) is 7.37. The minimum absolute atomic E-state index is 0.0119. The van der Waals surface area contributed by atoms with Crippen LogP contribution in [0.25, 0.3) is 0 Å². The molecule has 6 heteroatoms. The van der Waals surface area contributed by atoms with Crippen LogP contribution in [0.3, 0.4) is 0 Å². The lowest BCUT2D eigenvalue weighted by Crippen LogP contribution is -2.52. The molecule has 1 saturated carbocycles. The van der Waals surface area contributed by atoms with Gasteiger partial charge in [-0.25, -0.2) is 4.98 Å². The normalized spacial score (nSPS) is 26.3. The summed E-state index contributed by atoms with van der Waals surface area (Å²) in [6.45, 7) is 7.01. The average molecular weight is 421 g/mol. The molecule has 2 saturated heterocycles. The molecule has 3 aliphatic rings. The van der Waals surface area contributed by atoms with E-state index in [-0.39, 0.29) is 17.7 Å². The van der Waals surface area contributed by atoms with Gasteiger partial charge in [-0.1, -0.05) is 18.2 Å². The van der Waals surface area contributed by atoms with Gasteiger partial charge in [0.2, 0.25) is 5.91 Å². The Kier molecular flexibility index (Phi) is 5.11. The topological polar surface area (TPSA) is 58.4 Å². The molecule has 6 nitrogen and oxygen atoms in total. The van der Waals surface area contributed by atoms with Crippen molar-refractivity contribution in [2.45, 2.75) is 51.5 Å². The van der Waals surface area contributed by atoms with E-state index in [0.717, 1.165) is 31.6 Å². The number of hydrogen-bond acceptors (Lipinski definition) is 3. The maximum atomic E-state index is 13.9. The van der Waals surface area contributed by atoms with Crippen molar-refractivity contribution in [1.82, 2.24) is 19.4 Å². The number of imidazole rings is 1. The number of aromatic nitrogens is 2. The standard InChI is InChI=1S/C25H32N4O2/c1-18(2)29-15-22(26-17-29)21-14-28(23(30)20-7-4-3-5-8-20)16-25(21)11-6-12-27(24(25)31)13-19-9-10-19/h3-5,7-8,15,17-19,21H,6,9-14,16H2,1-2H3/t21-,25-/m1/s1. The van der Waals surface area contributed by atoms with Gasteiger partial charge in [0.05, 0.1) is 17.4 Å². The van der Waals surface area contributed by atoms with Crippen molar-refractivity contribution in [3.63, 3.8) is 0 Å². The Morgan fingerprint density at radius 1 is 1.23 bits per heavy atom. The van der Waals surface area contributed by atoms with Crippen molar-refractivity contribution in [3.8, 4) is 0 Å². The summed E-state index contributed by atoms with van der Waals surface area (Å²) in [4.78, 5) is 35.9. The summed E-state index contributed by atoms with van der Waals surface area (Å²) in [5, 5.41) is 0. The van der Waals surface area contributed by atoms with Crippen LogP contribution in [0.1, 0.15) is 67.5 Å². The van der Waals surface area contributed by atoms with Crippen LogP contribution in [-0.2, 0) is 4.79 Å². The monoisotopic (exact) mass is 420 g/mol.